The van der Waals surface area contributed by atoms with Crippen LogP contribution in [-0.2, 0) is 6.42 Å². The predicted octanol–water partition coefficient (Wildman–Crippen LogP) is 3.15. The number of hydrogen-bond donors (Lipinski definition) is 1. The molecule has 0 unspecified atom stereocenters. The molecule has 0 aliphatic carbocycles. The Kier molecular flexibility index (Phi) is 3.89. The van der Waals surface area contributed by atoms with Crippen molar-refractivity contribution in [2.45, 2.75) is 19.8 Å². The monoisotopic (exact) mass is 277 g/mol. The van der Waals surface area contributed by atoms with Crippen molar-refractivity contribution < 1.29 is 9.90 Å². The summed E-state index contributed by atoms with van der Waals surface area (Å²) in [6.07, 6.45) is 1.56. The molecule has 0 aromatic carbocycles. The van der Waals surface area contributed by atoms with Gasteiger partial charge in [-0.05, 0) is 34.0 Å². The highest BCUT2D eigenvalue weighted by molar-refractivity contribution is 9.10. The lowest BCUT2D eigenvalue weighted by Crippen LogP contribution is -2.06. The van der Waals surface area contributed by atoms with E-state index in [1.54, 1.807) is 6.07 Å². The molecule has 0 saturated carbocycles. The molecule has 5 heteroatoms. The molecule has 0 saturated heterocycles. The Labute approximate surface area is 95.2 Å². The molecule has 0 fully saturated rings. The maximum atomic E-state index is 10.8. The van der Waals surface area contributed by atoms with Gasteiger partial charge in [-0.1, -0.05) is 24.9 Å². The molecule has 1 rings (SSSR count). The van der Waals surface area contributed by atoms with Gasteiger partial charge in [0, 0.05) is 0 Å². The summed E-state index contributed by atoms with van der Waals surface area (Å²) >= 11 is 8.92. The van der Waals surface area contributed by atoms with Gasteiger partial charge >= 0.3 is 5.97 Å². The molecular weight excluding hydrogens is 269 g/mol. The van der Waals surface area contributed by atoms with E-state index in [0.717, 1.165) is 6.42 Å². The van der Waals surface area contributed by atoms with Crippen LogP contribution in [0.4, 0.5) is 0 Å². The van der Waals surface area contributed by atoms with Crippen LogP contribution in [0.3, 0.4) is 0 Å². The number of halogens is 2. The van der Waals surface area contributed by atoms with Crippen LogP contribution in [0.25, 0.3) is 0 Å². The summed E-state index contributed by atoms with van der Waals surface area (Å²) in [4.78, 5) is 14.6. The van der Waals surface area contributed by atoms with Gasteiger partial charge in [-0.2, -0.15) is 0 Å². The first kappa shape index (κ1) is 11.5. The molecule has 0 bridgehead atoms. The third-order valence-electron chi connectivity index (χ3n) is 1.73. The second-order valence-corrected chi connectivity index (χ2v) is 4.04. The van der Waals surface area contributed by atoms with E-state index in [1.807, 2.05) is 6.92 Å². The number of nitrogens with zero attached hydrogens (tertiary/aromatic N) is 1. The standard InChI is InChI=1S/C9H9BrClNO2/c1-2-3-5-4-6(10)8(11)12-7(5)9(13)14/h4H,2-3H2,1H3,(H,13,14). The first-order valence-corrected chi connectivity index (χ1v) is 5.31. The van der Waals surface area contributed by atoms with Crippen molar-refractivity contribution in [3.63, 3.8) is 0 Å². The Morgan fingerprint density at radius 1 is 1.71 bits per heavy atom. The summed E-state index contributed by atoms with van der Waals surface area (Å²) in [6.45, 7) is 1.98. The van der Waals surface area contributed by atoms with Gasteiger partial charge in [0.05, 0.1) is 4.47 Å². The lowest BCUT2D eigenvalue weighted by atomic mass is 10.1. The Balaban J connectivity index is 3.24. The topological polar surface area (TPSA) is 50.2 Å². The van der Waals surface area contributed by atoms with Gasteiger partial charge in [0.15, 0.2) is 5.69 Å². The normalized spacial score (nSPS) is 10.2. The van der Waals surface area contributed by atoms with Crippen LogP contribution >= 0.6 is 27.5 Å². The molecule has 1 N–H and O–H groups in total. The zero-order valence-corrected chi connectivity index (χ0v) is 9.89. The average Bonchev–Trinajstić information content (AvgIpc) is 2.11. The van der Waals surface area contributed by atoms with Crippen molar-refractivity contribution in [2.24, 2.45) is 0 Å². The number of pyridine rings is 1. The lowest BCUT2D eigenvalue weighted by molar-refractivity contribution is 0.0689. The van der Waals surface area contributed by atoms with Crippen molar-refractivity contribution in [1.29, 1.82) is 0 Å². The molecule has 1 aromatic heterocycles. The minimum atomic E-state index is -1.04. The Morgan fingerprint density at radius 2 is 2.36 bits per heavy atom. The molecule has 3 nitrogen and oxygen atoms in total. The molecule has 0 aliphatic rings. The van der Waals surface area contributed by atoms with Crippen LogP contribution in [0.15, 0.2) is 10.5 Å². The first-order chi connectivity index (χ1) is 6.56. The largest absolute Gasteiger partial charge is 0.477 e. The van der Waals surface area contributed by atoms with Crippen molar-refractivity contribution in [2.75, 3.05) is 0 Å². The van der Waals surface area contributed by atoms with Gasteiger partial charge in [-0.15, -0.1) is 0 Å². The molecule has 14 heavy (non-hydrogen) atoms. The fourth-order valence-electron chi connectivity index (χ4n) is 1.15. The molecule has 0 atom stereocenters. The maximum Gasteiger partial charge on any atom is 0.354 e. The molecule has 0 amide bonds. The summed E-state index contributed by atoms with van der Waals surface area (Å²) in [6, 6.07) is 1.71. The summed E-state index contributed by atoms with van der Waals surface area (Å²) in [7, 11) is 0. The molecule has 76 valence electrons. The maximum absolute atomic E-state index is 10.8. The fourth-order valence-corrected chi connectivity index (χ4v) is 1.65. The molecule has 0 spiro atoms. The summed E-state index contributed by atoms with van der Waals surface area (Å²) < 4.78 is 0.632. The third kappa shape index (κ3) is 2.45. The molecular formula is C9H9BrClNO2. The highest BCUT2D eigenvalue weighted by Gasteiger charge is 2.14. The minimum absolute atomic E-state index is 0.0417. The summed E-state index contributed by atoms with van der Waals surface area (Å²) in [5, 5.41) is 9.05. The Morgan fingerprint density at radius 3 is 2.86 bits per heavy atom. The molecule has 1 aromatic rings. The number of aromatic carboxylic acids is 1. The minimum Gasteiger partial charge on any atom is -0.477 e. The first-order valence-electron chi connectivity index (χ1n) is 4.14. The summed E-state index contributed by atoms with van der Waals surface area (Å²) in [5.74, 6) is -1.04. The quantitative estimate of drug-likeness (QED) is 0.864. The highest BCUT2D eigenvalue weighted by Crippen LogP contribution is 2.24. The van der Waals surface area contributed by atoms with Gasteiger partial charge < -0.3 is 5.11 Å². The van der Waals surface area contributed by atoms with Crippen LogP contribution in [0.2, 0.25) is 5.15 Å². The predicted molar refractivity (Wildman–Crippen MR) is 57.9 cm³/mol. The van der Waals surface area contributed by atoms with Gasteiger partial charge in [0.25, 0.3) is 0 Å². The Hall–Kier alpha value is -0.610. The van der Waals surface area contributed by atoms with Crippen LogP contribution < -0.4 is 0 Å². The van der Waals surface area contributed by atoms with E-state index in [2.05, 4.69) is 20.9 Å². The Bertz CT molecular complexity index is 368. The van der Waals surface area contributed by atoms with E-state index in [4.69, 9.17) is 16.7 Å². The third-order valence-corrected chi connectivity index (χ3v) is 2.85. The average molecular weight is 279 g/mol. The number of rotatable bonds is 3. The van der Waals surface area contributed by atoms with Gasteiger partial charge in [0.2, 0.25) is 0 Å². The van der Waals surface area contributed by atoms with Crippen molar-refractivity contribution in [3.8, 4) is 0 Å². The number of aryl methyl sites for hydroxylation is 1. The highest BCUT2D eigenvalue weighted by atomic mass is 79.9. The fraction of sp³-hybridized carbons (Fsp3) is 0.333. The SMILES string of the molecule is CCCc1cc(Br)c(Cl)nc1C(=O)O. The number of hydrogen-bond acceptors (Lipinski definition) is 2. The van der Waals surface area contributed by atoms with Crippen LogP contribution in [0.5, 0.6) is 0 Å². The summed E-state index contributed by atoms with van der Waals surface area (Å²) in [5.41, 5.74) is 0.747. The van der Waals surface area contributed by atoms with E-state index in [1.165, 1.54) is 0 Å². The lowest BCUT2D eigenvalue weighted by Gasteiger charge is -2.05. The van der Waals surface area contributed by atoms with E-state index < -0.39 is 5.97 Å². The molecule has 1 heterocycles. The van der Waals surface area contributed by atoms with Crippen LogP contribution in [0, 0.1) is 0 Å². The van der Waals surface area contributed by atoms with Crippen molar-refractivity contribution >= 4 is 33.5 Å². The van der Waals surface area contributed by atoms with Crippen molar-refractivity contribution in [1.82, 2.24) is 4.98 Å². The number of aromatic nitrogens is 1. The van der Waals surface area contributed by atoms with E-state index in [9.17, 15) is 4.79 Å². The van der Waals surface area contributed by atoms with Gasteiger partial charge in [-0.25, -0.2) is 9.78 Å². The van der Waals surface area contributed by atoms with Crippen LogP contribution in [0.1, 0.15) is 29.4 Å². The second-order valence-electron chi connectivity index (χ2n) is 2.82. The van der Waals surface area contributed by atoms with Gasteiger partial charge in [-0.3, -0.25) is 0 Å². The molecule has 0 aliphatic heterocycles. The van der Waals surface area contributed by atoms with E-state index >= 15 is 0 Å². The van der Waals surface area contributed by atoms with Crippen molar-refractivity contribution in [3.05, 3.63) is 26.9 Å². The molecule has 0 radical (unpaired) electrons. The number of carboxylic acids is 1. The second kappa shape index (κ2) is 4.75. The van der Waals surface area contributed by atoms with Gasteiger partial charge in [0.1, 0.15) is 5.15 Å². The smallest absolute Gasteiger partial charge is 0.354 e. The van der Waals surface area contributed by atoms with E-state index in [0.29, 0.717) is 16.5 Å². The number of carbonyl (C=O) groups is 1. The van der Waals surface area contributed by atoms with E-state index in [-0.39, 0.29) is 10.8 Å². The zero-order chi connectivity index (χ0) is 10.7. The zero-order valence-electron chi connectivity index (χ0n) is 7.55. The van der Waals surface area contributed by atoms with Crippen LogP contribution in [-0.4, -0.2) is 16.1 Å². The number of carboxylic acid groups (broad SMARTS) is 1.